The SMILES string of the molecule is C1CCC(C2CCCCN2)NC1. The molecule has 12 heavy (non-hydrogen) atoms. The van der Waals surface area contributed by atoms with E-state index in [1.165, 1.54) is 51.6 Å². The smallest absolute Gasteiger partial charge is 0.0221 e. The molecule has 2 atom stereocenters. The Bertz CT molecular complexity index is 108. The van der Waals surface area contributed by atoms with Gasteiger partial charge in [-0.3, -0.25) is 0 Å². The van der Waals surface area contributed by atoms with Crippen LogP contribution >= 0.6 is 0 Å². The van der Waals surface area contributed by atoms with Gasteiger partial charge in [-0.15, -0.1) is 0 Å². The summed E-state index contributed by atoms with van der Waals surface area (Å²) in [5, 5.41) is 7.25. The van der Waals surface area contributed by atoms with Crippen molar-refractivity contribution in [2.75, 3.05) is 13.1 Å². The van der Waals surface area contributed by atoms with Crippen LogP contribution in [0.3, 0.4) is 0 Å². The highest BCUT2D eigenvalue weighted by Crippen LogP contribution is 2.16. The Kier molecular flexibility index (Phi) is 3.01. The molecule has 2 nitrogen and oxygen atoms in total. The summed E-state index contributed by atoms with van der Waals surface area (Å²) in [6.07, 6.45) is 8.38. The Balaban J connectivity index is 1.80. The first-order valence-corrected chi connectivity index (χ1v) is 5.43. The Labute approximate surface area is 75.1 Å². The van der Waals surface area contributed by atoms with Crippen molar-refractivity contribution in [2.45, 2.75) is 50.6 Å². The zero-order chi connectivity index (χ0) is 8.23. The maximum Gasteiger partial charge on any atom is 0.0221 e. The normalized spacial score (nSPS) is 38.0. The lowest BCUT2D eigenvalue weighted by molar-refractivity contribution is 0.272. The molecule has 2 saturated heterocycles. The van der Waals surface area contributed by atoms with E-state index in [9.17, 15) is 0 Å². The van der Waals surface area contributed by atoms with Crippen molar-refractivity contribution >= 4 is 0 Å². The molecule has 0 saturated carbocycles. The summed E-state index contributed by atoms with van der Waals surface area (Å²) in [5.41, 5.74) is 0. The van der Waals surface area contributed by atoms with Gasteiger partial charge in [0.25, 0.3) is 0 Å². The number of hydrogen-bond donors (Lipinski definition) is 2. The van der Waals surface area contributed by atoms with Crippen molar-refractivity contribution in [3.63, 3.8) is 0 Å². The topological polar surface area (TPSA) is 24.1 Å². The monoisotopic (exact) mass is 168 g/mol. The fraction of sp³-hybridized carbons (Fsp3) is 1.00. The van der Waals surface area contributed by atoms with Crippen LogP contribution in [0.1, 0.15) is 38.5 Å². The first kappa shape index (κ1) is 8.52. The van der Waals surface area contributed by atoms with E-state index in [0.717, 1.165) is 12.1 Å². The largest absolute Gasteiger partial charge is 0.312 e. The van der Waals surface area contributed by atoms with Gasteiger partial charge in [-0.2, -0.15) is 0 Å². The fourth-order valence-corrected chi connectivity index (χ4v) is 2.44. The van der Waals surface area contributed by atoms with Crippen molar-refractivity contribution in [1.29, 1.82) is 0 Å². The number of nitrogens with one attached hydrogen (secondary N) is 2. The van der Waals surface area contributed by atoms with Crippen LogP contribution in [0.15, 0.2) is 0 Å². The zero-order valence-electron chi connectivity index (χ0n) is 7.81. The van der Waals surface area contributed by atoms with Crippen LogP contribution in [0.5, 0.6) is 0 Å². The van der Waals surface area contributed by atoms with Gasteiger partial charge in [0.2, 0.25) is 0 Å². The van der Waals surface area contributed by atoms with Crippen molar-refractivity contribution in [3.05, 3.63) is 0 Å². The average molecular weight is 168 g/mol. The van der Waals surface area contributed by atoms with Gasteiger partial charge >= 0.3 is 0 Å². The van der Waals surface area contributed by atoms with Gasteiger partial charge in [-0.1, -0.05) is 12.8 Å². The van der Waals surface area contributed by atoms with Gasteiger partial charge < -0.3 is 10.6 Å². The molecule has 2 fully saturated rings. The maximum atomic E-state index is 3.63. The molecule has 2 unspecified atom stereocenters. The predicted octanol–water partition coefficient (Wildman–Crippen LogP) is 1.27. The minimum absolute atomic E-state index is 0.777. The first-order valence-electron chi connectivity index (χ1n) is 5.43. The molecule has 2 aliphatic rings. The average Bonchev–Trinajstić information content (AvgIpc) is 2.21. The van der Waals surface area contributed by atoms with E-state index in [1.807, 2.05) is 0 Å². The highest BCUT2D eigenvalue weighted by atomic mass is 15.0. The Hall–Kier alpha value is -0.0800. The maximum absolute atomic E-state index is 3.63. The van der Waals surface area contributed by atoms with Gasteiger partial charge in [0.1, 0.15) is 0 Å². The van der Waals surface area contributed by atoms with Gasteiger partial charge in [-0.25, -0.2) is 0 Å². The van der Waals surface area contributed by atoms with Crippen molar-refractivity contribution < 1.29 is 0 Å². The molecule has 2 aliphatic heterocycles. The third-order valence-electron chi connectivity index (χ3n) is 3.18. The lowest BCUT2D eigenvalue weighted by Crippen LogP contribution is -2.51. The highest BCUT2D eigenvalue weighted by molar-refractivity contribution is 4.86. The molecule has 0 spiro atoms. The molecular weight excluding hydrogens is 148 g/mol. The second-order valence-corrected chi connectivity index (χ2v) is 4.11. The van der Waals surface area contributed by atoms with Crippen LogP contribution in [0.4, 0.5) is 0 Å². The summed E-state index contributed by atoms with van der Waals surface area (Å²) >= 11 is 0. The van der Waals surface area contributed by atoms with E-state index in [0.29, 0.717) is 0 Å². The molecule has 2 N–H and O–H groups in total. The summed E-state index contributed by atoms with van der Waals surface area (Å²) in [7, 11) is 0. The zero-order valence-corrected chi connectivity index (χ0v) is 7.81. The van der Waals surface area contributed by atoms with E-state index in [1.54, 1.807) is 0 Å². The van der Waals surface area contributed by atoms with Gasteiger partial charge in [0, 0.05) is 12.1 Å². The summed E-state index contributed by atoms with van der Waals surface area (Å²) in [5.74, 6) is 0. The summed E-state index contributed by atoms with van der Waals surface area (Å²) in [4.78, 5) is 0. The highest BCUT2D eigenvalue weighted by Gasteiger charge is 2.23. The molecular formula is C10H20N2. The standard InChI is InChI=1S/C10H20N2/c1-3-7-11-9(5-1)10-6-2-4-8-12-10/h9-12H,1-8H2. The van der Waals surface area contributed by atoms with Crippen molar-refractivity contribution in [1.82, 2.24) is 10.6 Å². The van der Waals surface area contributed by atoms with Crippen LogP contribution in [0.25, 0.3) is 0 Å². The lowest BCUT2D eigenvalue weighted by atomic mass is 9.92. The summed E-state index contributed by atoms with van der Waals surface area (Å²) in [6, 6.07) is 1.55. The van der Waals surface area contributed by atoms with Crippen molar-refractivity contribution in [2.24, 2.45) is 0 Å². The Morgan fingerprint density at radius 1 is 0.667 bits per heavy atom. The van der Waals surface area contributed by atoms with Crippen LogP contribution in [0, 0.1) is 0 Å². The molecule has 0 aliphatic carbocycles. The Morgan fingerprint density at radius 2 is 1.17 bits per heavy atom. The molecule has 0 aromatic heterocycles. The second-order valence-electron chi connectivity index (χ2n) is 4.11. The third kappa shape index (κ3) is 1.99. The molecule has 70 valence electrons. The van der Waals surface area contributed by atoms with Crippen LogP contribution in [0.2, 0.25) is 0 Å². The molecule has 0 radical (unpaired) electrons. The van der Waals surface area contributed by atoms with E-state index in [2.05, 4.69) is 10.6 Å². The van der Waals surface area contributed by atoms with Crippen LogP contribution in [-0.4, -0.2) is 25.2 Å². The predicted molar refractivity (Wildman–Crippen MR) is 51.3 cm³/mol. The Morgan fingerprint density at radius 3 is 1.50 bits per heavy atom. The first-order chi connectivity index (χ1) is 5.97. The van der Waals surface area contributed by atoms with E-state index < -0.39 is 0 Å². The van der Waals surface area contributed by atoms with E-state index >= 15 is 0 Å². The minimum Gasteiger partial charge on any atom is -0.312 e. The molecule has 0 bridgehead atoms. The number of rotatable bonds is 1. The molecule has 0 aromatic rings. The van der Waals surface area contributed by atoms with E-state index in [-0.39, 0.29) is 0 Å². The molecule has 2 heteroatoms. The number of piperidine rings is 2. The molecule has 0 amide bonds. The minimum atomic E-state index is 0.777. The quantitative estimate of drug-likeness (QED) is 0.616. The molecule has 2 rings (SSSR count). The van der Waals surface area contributed by atoms with Crippen molar-refractivity contribution in [3.8, 4) is 0 Å². The van der Waals surface area contributed by atoms with Crippen LogP contribution < -0.4 is 10.6 Å². The molecule has 0 aromatic carbocycles. The fourth-order valence-electron chi connectivity index (χ4n) is 2.44. The summed E-state index contributed by atoms with van der Waals surface area (Å²) in [6.45, 7) is 2.48. The van der Waals surface area contributed by atoms with Gasteiger partial charge in [-0.05, 0) is 38.8 Å². The number of hydrogen-bond acceptors (Lipinski definition) is 2. The summed E-state index contributed by atoms with van der Waals surface area (Å²) < 4.78 is 0. The molecule has 2 heterocycles. The van der Waals surface area contributed by atoms with Gasteiger partial charge in [0.05, 0.1) is 0 Å². The van der Waals surface area contributed by atoms with Gasteiger partial charge in [0.15, 0.2) is 0 Å². The third-order valence-corrected chi connectivity index (χ3v) is 3.18. The van der Waals surface area contributed by atoms with Crippen LogP contribution in [-0.2, 0) is 0 Å². The van der Waals surface area contributed by atoms with E-state index in [4.69, 9.17) is 0 Å². The second kappa shape index (κ2) is 4.24. The lowest BCUT2D eigenvalue weighted by Gasteiger charge is -2.34.